The number of hydrogen-bond acceptors (Lipinski definition) is 1. The van der Waals surface area contributed by atoms with Gasteiger partial charge < -0.3 is 9.13 Å². The van der Waals surface area contributed by atoms with E-state index >= 15 is 0 Å². The molecule has 3 heteroatoms. The number of aryl methyl sites for hydroxylation is 1. The van der Waals surface area contributed by atoms with Crippen molar-refractivity contribution in [2.24, 2.45) is 6.98 Å². The van der Waals surface area contributed by atoms with E-state index in [2.05, 4.69) is 12.4 Å². The molecule has 19 heavy (non-hydrogen) atoms. The predicted molar refractivity (Wildman–Crippen MR) is 78.7 cm³/mol. The van der Waals surface area contributed by atoms with Crippen molar-refractivity contribution in [3.05, 3.63) is 60.2 Å². The van der Waals surface area contributed by atoms with Gasteiger partial charge in [0, 0.05) is 4.70 Å². The lowest BCUT2D eigenvalue weighted by Crippen LogP contribution is -2.26. The van der Waals surface area contributed by atoms with Gasteiger partial charge in [-0.25, -0.2) is 0 Å². The van der Waals surface area contributed by atoms with Crippen LogP contribution in [0.2, 0.25) is 0 Å². The van der Waals surface area contributed by atoms with Crippen molar-refractivity contribution in [1.82, 2.24) is 4.57 Å². The number of fused-ring (bicyclic) bond motifs is 2. The highest BCUT2D eigenvalue weighted by Gasteiger charge is 2.10. The second kappa shape index (κ2) is 3.93. The highest BCUT2D eigenvalue weighted by Crippen LogP contribution is 2.30. The van der Waals surface area contributed by atoms with Gasteiger partial charge in [-0.2, -0.15) is 11.3 Å². The Morgan fingerprint density at radius 3 is 2.95 bits per heavy atom. The molecule has 0 saturated carbocycles. The number of imidazole rings is 1. The number of aromatic nitrogens is 2. The van der Waals surface area contributed by atoms with Gasteiger partial charge in [-0.05, 0) is 16.8 Å². The van der Waals surface area contributed by atoms with E-state index in [-0.39, 0.29) is 0 Å². The fraction of sp³-hybridized carbons (Fsp3) is 0.0625. The topological polar surface area (TPSA) is 8.81 Å². The van der Waals surface area contributed by atoms with E-state index < -0.39 is 6.98 Å². The van der Waals surface area contributed by atoms with E-state index in [0.717, 1.165) is 16.6 Å². The van der Waals surface area contributed by atoms with E-state index in [0.29, 0.717) is 5.52 Å². The van der Waals surface area contributed by atoms with Gasteiger partial charge in [0.1, 0.15) is 0 Å². The van der Waals surface area contributed by atoms with Crippen molar-refractivity contribution >= 4 is 32.5 Å². The first-order valence-electron chi connectivity index (χ1n) is 7.47. The van der Waals surface area contributed by atoms with Gasteiger partial charge in [0.2, 0.25) is 6.33 Å². The number of para-hydroxylation sites is 2. The standard InChI is InChI=1S/C16H12N2S/c1-17-11-18(14-8-4-3-7-13(14)17)15-10-19-16-9-5-2-6-12(15)16/h2-10H,1H3/i1D3. The molecule has 0 fully saturated rings. The maximum atomic E-state index is 7.71. The molecule has 0 aliphatic heterocycles. The Kier molecular flexibility index (Phi) is 1.68. The number of hydrogen-bond donors (Lipinski definition) is 0. The van der Waals surface area contributed by atoms with Crippen molar-refractivity contribution < 1.29 is 8.68 Å². The molecule has 0 radical (unpaired) electrons. The normalized spacial score (nSPS) is 14.4. The smallest absolute Gasteiger partial charge is 0.244 e. The lowest BCUT2D eigenvalue weighted by molar-refractivity contribution is -0.649. The number of nitrogens with zero attached hydrogens (tertiary/aromatic N) is 2. The van der Waals surface area contributed by atoms with Crippen LogP contribution in [0, 0.1) is 6.33 Å². The number of thiophene rings is 1. The maximum absolute atomic E-state index is 7.71. The lowest BCUT2D eigenvalue weighted by atomic mass is 10.2. The summed E-state index contributed by atoms with van der Waals surface area (Å²) in [6, 6.07) is 15.6. The molecular formula is C16H12N2S. The summed E-state index contributed by atoms with van der Waals surface area (Å²) in [5, 5.41) is 3.14. The molecule has 2 aromatic carbocycles. The van der Waals surface area contributed by atoms with Gasteiger partial charge in [0.15, 0.2) is 0 Å². The molecule has 0 aliphatic rings. The summed E-state index contributed by atoms with van der Waals surface area (Å²) in [6.07, 6.45) is 3.00. The highest BCUT2D eigenvalue weighted by molar-refractivity contribution is 7.17. The Labute approximate surface area is 119 Å². The molecular weight excluding hydrogens is 252 g/mol. The largest absolute Gasteiger partial charge is 0.318 e. The first-order valence-corrected chi connectivity index (χ1v) is 6.85. The van der Waals surface area contributed by atoms with E-state index in [1.807, 2.05) is 52.4 Å². The van der Waals surface area contributed by atoms with Crippen LogP contribution in [0.25, 0.3) is 26.8 Å². The second-order valence-corrected chi connectivity index (χ2v) is 5.29. The molecule has 92 valence electrons. The first-order chi connectivity index (χ1) is 10.6. The van der Waals surface area contributed by atoms with Crippen LogP contribution in [0.4, 0.5) is 0 Å². The van der Waals surface area contributed by atoms with Gasteiger partial charge in [-0.15, -0.1) is 0 Å². The van der Waals surface area contributed by atoms with Crippen molar-refractivity contribution in [1.29, 1.82) is 0 Å². The van der Waals surface area contributed by atoms with Crippen molar-refractivity contribution in [3.8, 4) is 5.69 Å². The molecule has 4 rings (SSSR count). The van der Waals surface area contributed by atoms with Crippen LogP contribution in [-0.2, 0) is 6.98 Å². The zero-order chi connectivity index (χ0) is 15.3. The quantitative estimate of drug-likeness (QED) is 0.369. The van der Waals surface area contributed by atoms with Crippen LogP contribution in [0.1, 0.15) is 4.11 Å². The zero-order valence-electron chi connectivity index (χ0n) is 13.0. The van der Waals surface area contributed by atoms with E-state index in [9.17, 15) is 0 Å². The van der Waals surface area contributed by atoms with Gasteiger partial charge >= 0.3 is 0 Å². The van der Waals surface area contributed by atoms with Crippen LogP contribution in [0.15, 0.2) is 53.9 Å². The molecule has 4 aromatic rings. The Balaban J connectivity index is 2.08. The van der Waals surface area contributed by atoms with Crippen LogP contribution >= 0.6 is 11.3 Å². The van der Waals surface area contributed by atoms with Crippen LogP contribution in [-0.4, -0.2) is 4.57 Å². The maximum Gasteiger partial charge on any atom is 0.244 e. The molecule has 2 aromatic heterocycles. The number of rotatable bonds is 1. The van der Waals surface area contributed by atoms with E-state index in [1.165, 1.54) is 9.27 Å². The summed E-state index contributed by atoms with van der Waals surface area (Å²) in [5.74, 6) is 0. The molecule has 0 bridgehead atoms. The first kappa shape index (κ1) is 8.12. The molecule has 0 amide bonds. The summed E-state index contributed by atoms with van der Waals surface area (Å²) in [5.41, 5.74) is 2.44. The van der Waals surface area contributed by atoms with E-state index in [1.54, 1.807) is 11.3 Å². The van der Waals surface area contributed by atoms with Gasteiger partial charge in [0.25, 0.3) is 0 Å². The Bertz CT molecular complexity index is 982. The molecule has 2 heterocycles. The summed E-state index contributed by atoms with van der Waals surface area (Å²) >= 11 is 1.64. The Morgan fingerprint density at radius 2 is 2.00 bits per heavy atom. The average molecular weight is 267 g/mol. The summed E-state index contributed by atoms with van der Waals surface area (Å²) in [6.45, 7) is -2.25. The third-order valence-corrected chi connectivity index (χ3v) is 4.22. The second-order valence-electron chi connectivity index (χ2n) is 4.38. The van der Waals surface area contributed by atoms with Gasteiger partial charge in [-0.1, -0.05) is 42.5 Å². The van der Waals surface area contributed by atoms with E-state index in [4.69, 9.17) is 4.11 Å². The van der Waals surface area contributed by atoms with Crippen LogP contribution in [0.3, 0.4) is 0 Å². The zero-order valence-corrected chi connectivity index (χ0v) is 10.8. The van der Waals surface area contributed by atoms with Crippen LogP contribution < -0.4 is 4.57 Å². The summed E-state index contributed by atoms with van der Waals surface area (Å²) in [4.78, 5) is 0. The lowest BCUT2D eigenvalue weighted by Gasteiger charge is -2.02. The number of benzene rings is 2. The minimum absolute atomic E-state index is 0.651. The van der Waals surface area contributed by atoms with Gasteiger partial charge in [0.05, 0.1) is 27.8 Å². The average Bonchev–Trinajstić information content (AvgIpc) is 3.07. The summed E-state index contributed by atoms with van der Waals surface area (Å²) < 4.78 is 27.4. The molecule has 2 nitrogen and oxygen atoms in total. The van der Waals surface area contributed by atoms with Crippen molar-refractivity contribution in [2.75, 3.05) is 0 Å². The molecule has 0 N–H and O–H groups in total. The summed E-state index contributed by atoms with van der Waals surface area (Å²) in [7, 11) is 0. The SMILES string of the molecule is [2H]C([2H])([2H])[n+]1[c-]n(-c2csc3ccccc23)c2ccccc21. The molecule has 0 unspecified atom stereocenters. The minimum atomic E-state index is -2.25. The molecule has 0 atom stereocenters. The van der Waals surface area contributed by atoms with Crippen molar-refractivity contribution in [3.63, 3.8) is 0 Å². The van der Waals surface area contributed by atoms with Crippen molar-refractivity contribution in [2.45, 2.75) is 0 Å². The fourth-order valence-electron chi connectivity index (χ4n) is 2.37. The Hall–Kier alpha value is -2.13. The Morgan fingerprint density at radius 1 is 1.16 bits per heavy atom. The van der Waals surface area contributed by atoms with Gasteiger partial charge in [-0.3, -0.25) is 0 Å². The predicted octanol–water partition coefficient (Wildman–Crippen LogP) is 3.47. The third kappa shape index (κ3) is 1.52. The highest BCUT2D eigenvalue weighted by atomic mass is 32.1. The monoisotopic (exact) mass is 267 g/mol. The fourth-order valence-corrected chi connectivity index (χ4v) is 3.30. The van der Waals surface area contributed by atoms with Crippen LogP contribution in [0.5, 0.6) is 0 Å². The minimum Gasteiger partial charge on any atom is -0.318 e. The molecule has 0 spiro atoms. The molecule has 0 saturated heterocycles. The molecule has 0 aliphatic carbocycles. The third-order valence-electron chi connectivity index (χ3n) is 3.26.